The molecular weight excluding hydrogens is 382 g/mol. The van der Waals surface area contributed by atoms with Gasteiger partial charge in [-0.3, -0.25) is 9.59 Å². The molecule has 7 heteroatoms. The zero-order valence-corrected chi connectivity index (χ0v) is 14.0. The average Bonchev–Trinajstić information content (AvgIpc) is 2.91. The molecule has 4 nitrogen and oxygen atoms in total. The summed E-state index contributed by atoms with van der Waals surface area (Å²) in [5.74, 6) is -3.14. The average molecular weight is 395 g/mol. The van der Waals surface area contributed by atoms with Crippen LogP contribution in [0.4, 0.5) is 20.2 Å². The van der Waals surface area contributed by atoms with Crippen LogP contribution in [0, 0.1) is 17.6 Å². The molecular formula is C17H13BrF2N2O2. The predicted molar refractivity (Wildman–Crippen MR) is 89.6 cm³/mol. The van der Waals surface area contributed by atoms with E-state index in [4.69, 9.17) is 0 Å². The number of carbonyl (C=O) groups excluding carboxylic acids is 2. The highest BCUT2D eigenvalue weighted by Gasteiger charge is 2.37. The third-order valence-corrected chi connectivity index (χ3v) is 4.34. The second kappa shape index (κ2) is 6.68. The molecule has 24 heavy (non-hydrogen) atoms. The van der Waals surface area contributed by atoms with Crippen LogP contribution in [0.2, 0.25) is 0 Å². The summed E-state index contributed by atoms with van der Waals surface area (Å²) in [6, 6.07) is 10.4. The largest absolute Gasteiger partial charge is 0.326 e. The van der Waals surface area contributed by atoms with Crippen LogP contribution < -0.4 is 10.2 Å². The van der Waals surface area contributed by atoms with E-state index in [9.17, 15) is 18.4 Å². The maximum atomic E-state index is 13.8. The molecule has 1 heterocycles. The highest BCUT2D eigenvalue weighted by atomic mass is 79.9. The van der Waals surface area contributed by atoms with Crippen LogP contribution in [0.25, 0.3) is 0 Å². The second-order valence-electron chi connectivity index (χ2n) is 5.47. The summed E-state index contributed by atoms with van der Waals surface area (Å²) in [5, 5.41) is 2.71. The number of halogens is 3. The lowest BCUT2D eigenvalue weighted by Gasteiger charge is -2.18. The molecule has 0 aromatic heterocycles. The number of carbonyl (C=O) groups is 2. The molecule has 124 valence electrons. The van der Waals surface area contributed by atoms with Gasteiger partial charge in [-0.1, -0.05) is 22.0 Å². The SMILES string of the molecule is O=C(Nc1ccc(Br)cc1)C1CC(=O)N(c2c(F)cccc2F)C1. The number of nitrogens with zero attached hydrogens (tertiary/aromatic N) is 1. The van der Waals surface area contributed by atoms with E-state index < -0.39 is 29.1 Å². The maximum absolute atomic E-state index is 13.8. The van der Waals surface area contributed by atoms with Gasteiger partial charge in [0.05, 0.1) is 5.92 Å². The normalized spacial score (nSPS) is 17.2. The smallest absolute Gasteiger partial charge is 0.229 e. The quantitative estimate of drug-likeness (QED) is 0.862. The minimum absolute atomic E-state index is 0.0565. The van der Waals surface area contributed by atoms with Crippen molar-refractivity contribution in [3.8, 4) is 0 Å². The van der Waals surface area contributed by atoms with E-state index in [1.807, 2.05) is 0 Å². The Balaban J connectivity index is 1.74. The van der Waals surface area contributed by atoms with Gasteiger partial charge in [-0.15, -0.1) is 0 Å². The Morgan fingerprint density at radius 1 is 1.12 bits per heavy atom. The molecule has 0 bridgehead atoms. The Labute approximate surface area is 145 Å². The molecule has 2 aromatic carbocycles. The van der Waals surface area contributed by atoms with Gasteiger partial charge in [-0.05, 0) is 36.4 Å². The lowest BCUT2D eigenvalue weighted by Crippen LogP contribution is -2.29. The predicted octanol–water partition coefficient (Wildman–Crippen LogP) is 3.72. The fourth-order valence-electron chi connectivity index (χ4n) is 2.62. The third kappa shape index (κ3) is 3.31. The first-order chi connectivity index (χ1) is 11.5. The molecule has 1 unspecified atom stereocenters. The van der Waals surface area contributed by atoms with Gasteiger partial charge in [0.2, 0.25) is 11.8 Å². The summed E-state index contributed by atoms with van der Waals surface area (Å²) < 4.78 is 28.6. The lowest BCUT2D eigenvalue weighted by atomic mass is 10.1. The molecule has 2 aromatic rings. The zero-order valence-electron chi connectivity index (χ0n) is 12.4. The Hall–Kier alpha value is -2.28. The molecule has 1 atom stereocenters. The fourth-order valence-corrected chi connectivity index (χ4v) is 2.89. The van der Waals surface area contributed by atoms with Gasteiger partial charge in [-0.2, -0.15) is 0 Å². The molecule has 1 aliphatic rings. The van der Waals surface area contributed by atoms with E-state index >= 15 is 0 Å². The first kappa shape index (κ1) is 16.6. The van der Waals surface area contributed by atoms with Gasteiger partial charge in [0, 0.05) is 23.1 Å². The van der Waals surface area contributed by atoms with Gasteiger partial charge in [0.25, 0.3) is 0 Å². The van der Waals surface area contributed by atoms with Crippen molar-refractivity contribution < 1.29 is 18.4 Å². The first-order valence-electron chi connectivity index (χ1n) is 7.26. The molecule has 1 saturated heterocycles. The highest BCUT2D eigenvalue weighted by molar-refractivity contribution is 9.10. The standard InChI is InChI=1S/C17H13BrF2N2O2/c18-11-4-6-12(7-5-11)21-17(24)10-8-15(23)22(9-10)16-13(19)2-1-3-14(16)20/h1-7,10H,8-9H2,(H,21,24). The Morgan fingerprint density at radius 3 is 2.38 bits per heavy atom. The lowest BCUT2D eigenvalue weighted by molar-refractivity contribution is -0.122. The van der Waals surface area contributed by atoms with E-state index in [0.29, 0.717) is 5.69 Å². The summed E-state index contributed by atoms with van der Waals surface area (Å²) in [7, 11) is 0. The molecule has 0 saturated carbocycles. The van der Waals surface area contributed by atoms with Crippen LogP contribution >= 0.6 is 15.9 Å². The molecule has 0 aliphatic carbocycles. The summed E-state index contributed by atoms with van der Waals surface area (Å²) in [5.41, 5.74) is 0.188. The number of para-hydroxylation sites is 1. The van der Waals surface area contributed by atoms with Crippen LogP contribution in [0.3, 0.4) is 0 Å². The van der Waals surface area contributed by atoms with Gasteiger partial charge >= 0.3 is 0 Å². The summed E-state index contributed by atoms with van der Waals surface area (Å²) >= 11 is 3.30. The fraction of sp³-hybridized carbons (Fsp3) is 0.176. The number of hydrogen-bond donors (Lipinski definition) is 1. The van der Waals surface area contributed by atoms with E-state index in [2.05, 4.69) is 21.2 Å². The summed E-state index contributed by atoms with van der Waals surface area (Å²) in [6.07, 6.45) is -0.0872. The number of hydrogen-bond acceptors (Lipinski definition) is 2. The van der Waals surface area contributed by atoms with E-state index in [-0.39, 0.29) is 18.9 Å². The van der Waals surface area contributed by atoms with Crippen LogP contribution in [-0.2, 0) is 9.59 Å². The van der Waals surface area contributed by atoms with Gasteiger partial charge in [0.1, 0.15) is 17.3 Å². The van der Waals surface area contributed by atoms with Crippen molar-refractivity contribution in [2.45, 2.75) is 6.42 Å². The highest BCUT2D eigenvalue weighted by Crippen LogP contribution is 2.30. The van der Waals surface area contributed by atoms with E-state index in [1.165, 1.54) is 6.07 Å². The summed E-state index contributed by atoms with van der Waals surface area (Å²) in [6.45, 7) is -0.0565. The van der Waals surface area contributed by atoms with Crippen LogP contribution in [0.5, 0.6) is 0 Å². The monoisotopic (exact) mass is 394 g/mol. The van der Waals surface area contributed by atoms with Crippen molar-refractivity contribution in [3.63, 3.8) is 0 Å². The van der Waals surface area contributed by atoms with Gasteiger partial charge < -0.3 is 10.2 Å². The number of rotatable bonds is 3. The Morgan fingerprint density at radius 2 is 1.75 bits per heavy atom. The van der Waals surface area contributed by atoms with Crippen molar-refractivity contribution in [2.24, 2.45) is 5.92 Å². The first-order valence-corrected chi connectivity index (χ1v) is 8.06. The minimum atomic E-state index is -0.822. The van der Waals surface area contributed by atoms with Crippen molar-refractivity contribution in [2.75, 3.05) is 16.8 Å². The van der Waals surface area contributed by atoms with Gasteiger partial charge in [0.15, 0.2) is 0 Å². The van der Waals surface area contributed by atoms with Crippen LogP contribution in [0.15, 0.2) is 46.9 Å². The third-order valence-electron chi connectivity index (χ3n) is 3.82. The number of anilines is 2. The van der Waals surface area contributed by atoms with Gasteiger partial charge in [-0.25, -0.2) is 8.78 Å². The molecule has 3 rings (SSSR count). The Bertz CT molecular complexity index is 775. The molecule has 2 amide bonds. The van der Waals surface area contributed by atoms with Crippen molar-refractivity contribution >= 4 is 39.1 Å². The van der Waals surface area contributed by atoms with Crippen molar-refractivity contribution in [1.82, 2.24) is 0 Å². The molecule has 1 fully saturated rings. The van der Waals surface area contributed by atoms with Crippen LogP contribution in [0.1, 0.15) is 6.42 Å². The zero-order chi connectivity index (χ0) is 17.3. The van der Waals surface area contributed by atoms with E-state index in [0.717, 1.165) is 21.5 Å². The molecule has 0 spiro atoms. The van der Waals surface area contributed by atoms with Crippen molar-refractivity contribution in [3.05, 3.63) is 58.6 Å². The van der Waals surface area contributed by atoms with E-state index in [1.54, 1.807) is 24.3 Å². The topological polar surface area (TPSA) is 49.4 Å². The molecule has 0 radical (unpaired) electrons. The molecule has 1 aliphatic heterocycles. The number of amides is 2. The summed E-state index contributed by atoms with van der Waals surface area (Å²) in [4.78, 5) is 25.4. The second-order valence-corrected chi connectivity index (χ2v) is 6.39. The Kier molecular flexibility index (Phi) is 4.62. The molecule has 1 N–H and O–H groups in total. The van der Waals surface area contributed by atoms with Crippen LogP contribution in [-0.4, -0.2) is 18.4 Å². The number of benzene rings is 2. The maximum Gasteiger partial charge on any atom is 0.229 e. The number of nitrogens with one attached hydrogen (secondary N) is 1. The minimum Gasteiger partial charge on any atom is -0.326 e. The van der Waals surface area contributed by atoms with Crippen molar-refractivity contribution in [1.29, 1.82) is 0 Å².